The minimum Gasteiger partial charge on any atom is -0.456 e. The van der Waals surface area contributed by atoms with Gasteiger partial charge in [0.15, 0.2) is 5.58 Å². The predicted molar refractivity (Wildman–Crippen MR) is 200 cm³/mol. The summed E-state index contributed by atoms with van der Waals surface area (Å²) in [5.74, 6) is 3.13. The summed E-state index contributed by atoms with van der Waals surface area (Å²) in [5, 5.41) is 18.9. The summed E-state index contributed by atoms with van der Waals surface area (Å²) in [4.78, 5) is 5.04. The van der Waals surface area contributed by atoms with Gasteiger partial charge in [0.2, 0.25) is 0 Å². The lowest BCUT2D eigenvalue weighted by Crippen LogP contribution is -2.35. The van der Waals surface area contributed by atoms with Crippen LogP contribution < -0.4 is 9.80 Å². The molecule has 2 aliphatic heterocycles. The molecule has 5 nitrogen and oxygen atoms in total. The summed E-state index contributed by atoms with van der Waals surface area (Å²) in [6, 6.07) is 26.8. The van der Waals surface area contributed by atoms with Gasteiger partial charge in [-0.3, -0.25) is 0 Å². The molecule has 9 rings (SSSR count). The van der Waals surface area contributed by atoms with Crippen molar-refractivity contribution in [1.29, 1.82) is 5.26 Å². The third kappa shape index (κ3) is 4.72. The molecule has 4 heterocycles. The largest absolute Gasteiger partial charge is 0.456 e. The van der Waals surface area contributed by atoms with Gasteiger partial charge in [-0.25, -0.2) is 0 Å². The minimum absolute atomic E-state index is 0.541. The standard InChI is InChI=1S/C43H43N3O2/c1-25(2)27-9-13-45(14-10-27)33-7-5-29-19-35-36-23-41-42(38(24-44)43(36)48-39(35)21-31(29)17-33)37-20-30-6-8-34(18-32(30)22-40(37)47-41)46-15-11-28(12-16-46)26(3)4/h5-8,17-23,25-28H,9-16H2,1-4H3. The fraction of sp³-hybridized carbons (Fsp3) is 0.372. The zero-order valence-corrected chi connectivity index (χ0v) is 28.5. The molecular formula is C43H43N3O2. The van der Waals surface area contributed by atoms with E-state index in [1.165, 1.54) is 42.4 Å². The van der Waals surface area contributed by atoms with Crippen LogP contribution in [-0.4, -0.2) is 26.2 Å². The average molecular weight is 634 g/mol. The van der Waals surface area contributed by atoms with E-state index in [-0.39, 0.29) is 0 Å². The number of rotatable bonds is 4. The second-order valence-electron chi connectivity index (χ2n) is 15.2. The maximum Gasteiger partial charge on any atom is 0.154 e. The Hall–Kier alpha value is -4.69. The number of nitriles is 1. The van der Waals surface area contributed by atoms with E-state index in [0.717, 1.165) is 104 Å². The van der Waals surface area contributed by atoms with E-state index >= 15 is 0 Å². The highest BCUT2D eigenvalue weighted by atomic mass is 16.3. The van der Waals surface area contributed by atoms with Crippen molar-refractivity contribution in [1.82, 2.24) is 0 Å². The van der Waals surface area contributed by atoms with Gasteiger partial charge in [0.1, 0.15) is 28.4 Å². The van der Waals surface area contributed by atoms with Crippen molar-refractivity contribution in [3.05, 3.63) is 72.3 Å². The second-order valence-corrected chi connectivity index (χ2v) is 15.2. The van der Waals surface area contributed by atoms with Gasteiger partial charge in [0, 0.05) is 59.1 Å². The summed E-state index contributed by atoms with van der Waals surface area (Å²) >= 11 is 0. The quantitative estimate of drug-likeness (QED) is 0.193. The summed E-state index contributed by atoms with van der Waals surface area (Å²) in [5.41, 5.74) is 6.06. The Morgan fingerprint density at radius 3 is 1.62 bits per heavy atom. The molecule has 7 aromatic rings. The highest BCUT2D eigenvalue weighted by Gasteiger charge is 2.25. The van der Waals surface area contributed by atoms with Crippen LogP contribution in [0.2, 0.25) is 0 Å². The molecule has 2 aromatic heterocycles. The fourth-order valence-corrected chi connectivity index (χ4v) is 8.77. The molecule has 0 amide bonds. The lowest BCUT2D eigenvalue weighted by Gasteiger charge is -2.35. The Morgan fingerprint density at radius 1 is 0.583 bits per heavy atom. The number of hydrogen-bond donors (Lipinski definition) is 0. The Labute approximate surface area is 281 Å². The van der Waals surface area contributed by atoms with Crippen LogP contribution in [0.4, 0.5) is 11.4 Å². The van der Waals surface area contributed by atoms with Crippen molar-refractivity contribution in [3.8, 4) is 6.07 Å². The van der Waals surface area contributed by atoms with Gasteiger partial charge in [-0.2, -0.15) is 5.26 Å². The van der Waals surface area contributed by atoms with Crippen molar-refractivity contribution in [3.63, 3.8) is 0 Å². The molecule has 5 heteroatoms. The number of anilines is 2. The van der Waals surface area contributed by atoms with Crippen LogP contribution in [-0.2, 0) is 0 Å². The van der Waals surface area contributed by atoms with Crippen molar-refractivity contribution >= 4 is 76.8 Å². The van der Waals surface area contributed by atoms with Gasteiger partial charge >= 0.3 is 0 Å². The molecule has 0 unspecified atom stereocenters. The molecule has 2 fully saturated rings. The Balaban J connectivity index is 1.11. The topological polar surface area (TPSA) is 56.6 Å². The molecule has 0 atom stereocenters. The monoisotopic (exact) mass is 633 g/mol. The first kappa shape index (κ1) is 29.4. The van der Waals surface area contributed by atoms with E-state index in [0.29, 0.717) is 11.1 Å². The predicted octanol–water partition coefficient (Wildman–Crippen LogP) is 11.4. The summed E-state index contributed by atoms with van der Waals surface area (Å²) in [7, 11) is 0. The smallest absolute Gasteiger partial charge is 0.154 e. The molecule has 0 bridgehead atoms. The maximum atomic E-state index is 10.5. The van der Waals surface area contributed by atoms with Crippen LogP contribution in [0.25, 0.3) is 65.4 Å². The lowest BCUT2D eigenvalue weighted by molar-refractivity contribution is 0.311. The van der Waals surface area contributed by atoms with Crippen LogP contribution in [0.1, 0.15) is 58.9 Å². The van der Waals surface area contributed by atoms with E-state index in [2.05, 4.69) is 110 Å². The van der Waals surface area contributed by atoms with E-state index in [1.54, 1.807) is 0 Å². The molecule has 242 valence electrons. The Bertz CT molecular complexity index is 2360. The number of hydrogen-bond acceptors (Lipinski definition) is 5. The molecule has 0 N–H and O–H groups in total. The number of benzene rings is 5. The summed E-state index contributed by atoms with van der Waals surface area (Å²) in [6.45, 7) is 13.8. The molecule has 0 radical (unpaired) electrons. The summed E-state index contributed by atoms with van der Waals surface area (Å²) < 4.78 is 13.1. The first-order valence-electron chi connectivity index (χ1n) is 18.0. The SMILES string of the molecule is CC(C)C1CCN(c2ccc3cc4c(cc3c2)oc2c(C#N)c3c(cc24)oc2cc4cc(N5CCC(C(C)C)CC5)ccc4cc23)CC1. The van der Waals surface area contributed by atoms with Gasteiger partial charge in [-0.05, 0) is 125 Å². The zero-order valence-electron chi connectivity index (χ0n) is 28.5. The molecule has 5 aromatic carbocycles. The van der Waals surface area contributed by atoms with Crippen molar-refractivity contribution in [2.75, 3.05) is 36.0 Å². The molecule has 0 spiro atoms. The zero-order chi connectivity index (χ0) is 32.7. The minimum atomic E-state index is 0.541. The first-order valence-corrected chi connectivity index (χ1v) is 18.0. The van der Waals surface area contributed by atoms with E-state index in [9.17, 15) is 5.26 Å². The van der Waals surface area contributed by atoms with Gasteiger partial charge in [0.25, 0.3) is 0 Å². The highest BCUT2D eigenvalue weighted by molar-refractivity contribution is 6.21. The number of fused-ring (bicyclic) bond motifs is 8. The second kappa shape index (κ2) is 11.2. The number of piperidine rings is 2. The van der Waals surface area contributed by atoms with Crippen LogP contribution in [0.3, 0.4) is 0 Å². The Kier molecular flexibility index (Phi) is 6.87. The number of nitrogens with zero attached hydrogens (tertiary/aromatic N) is 3. The van der Waals surface area contributed by atoms with Crippen molar-refractivity contribution in [2.24, 2.45) is 23.7 Å². The molecule has 2 saturated heterocycles. The third-order valence-electron chi connectivity index (χ3n) is 11.9. The first-order chi connectivity index (χ1) is 23.3. The van der Waals surface area contributed by atoms with Crippen LogP contribution >= 0.6 is 0 Å². The van der Waals surface area contributed by atoms with Crippen LogP contribution in [0.5, 0.6) is 0 Å². The molecule has 0 aliphatic carbocycles. The van der Waals surface area contributed by atoms with Crippen LogP contribution in [0.15, 0.2) is 75.6 Å². The van der Waals surface area contributed by atoms with Crippen molar-refractivity contribution in [2.45, 2.75) is 53.4 Å². The van der Waals surface area contributed by atoms with Crippen LogP contribution in [0, 0.1) is 35.0 Å². The molecular weight excluding hydrogens is 590 g/mol. The Morgan fingerprint density at radius 2 is 1.10 bits per heavy atom. The summed E-state index contributed by atoms with van der Waals surface area (Å²) in [6.07, 6.45) is 5.00. The van der Waals surface area contributed by atoms with Crippen molar-refractivity contribution < 1.29 is 8.83 Å². The molecule has 0 saturated carbocycles. The fourth-order valence-electron chi connectivity index (χ4n) is 8.77. The van der Waals surface area contributed by atoms with E-state index in [4.69, 9.17) is 8.83 Å². The third-order valence-corrected chi connectivity index (χ3v) is 11.9. The van der Waals surface area contributed by atoms with E-state index < -0.39 is 0 Å². The van der Waals surface area contributed by atoms with Gasteiger partial charge < -0.3 is 18.6 Å². The maximum absolute atomic E-state index is 10.5. The highest BCUT2D eigenvalue weighted by Crippen LogP contribution is 2.43. The molecule has 2 aliphatic rings. The lowest BCUT2D eigenvalue weighted by atomic mass is 9.86. The molecule has 48 heavy (non-hydrogen) atoms. The van der Waals surface area contributed by atoms with Gasteiger partial charge in [-0.15, -0.1) is 0 Å². The van der Waals surface area contributed by atoms with E-state index in [1.807, 2.05) is 0 Å². The van der Waals surface area contributed by atoms with Gasteiger partial charge in [0.05, 0.1) is 0 Å². The average Bonchev–Trinajstić information content (AvgIpc) is 3.64. The number of furan rings is 2. The normalized spacial score (nSPS) is 17.0. The van der Waals surface area contributed by atoms with Gasteiger partial charge in [-0.1, -0.05) is 39.8 Å².